The summed E-state index contributed by atoms with van der Waals surface area (Å²) in [6, 6.07) is 6.67. The van der Waals surface area contributed by atoms with Crippen LogP contribution in [0.5, 0.6) is 5.75 Å². The van der Waals surface area contributed by atoms with Crippen molar-refractivity contribution in [2.75, 3.05) is 0 Å². The maximum Gasteiger partial charge on any atom is 0.358 e. The van der Waals surface area contributed by atoms with Gasteiger partial charge >= 0.3 is 11.7 Å². The molecule has 0 aliphatic rings. The van der Waals surface area contributed by atoms with Crippen LogP contribution >= 0.6 is 0 Å². The zero-order valence-electron chi connectivity index (χ0n) is 10.3. The maximum atomic E-state index is 10.9. The van der Waals surface area contributed by atoms with Crippen molar-refractivity contribution >= 4 is 11.7 Å². The standard InChI is InChI=1S/C12H7N3O6/c13-5-7-1-2-11(10(3-7)15(18)19)20-6-8-4-9(12(16)17)14-21-8/h1-4H,6H2,(H,16,17). The van der Waals surface area contributed by atoms with Crippen LogP contribution in [-0.2, 0) is 6.61 Å². The first-order valence-electron chi connectivity index (χ1n) is 5.51. The first-order chi connectivity index (χ1) is 10.0. The number of aromatic nitrogens is 1. The lowest BCUT2D eigenvalue weighted by Crippen LogP contribution is -1.99. The third-order valence-corrected chi connectivity index (χ3v) is 2.43. The highest BCUT2D eigenvalue weighted by molar-refractivity contribution is 5.85. The van der Waals surface area contributed by atoms with E-state index in [0.717, 1.165) is 12.1 Å². The lowest BCUT2D eigenvalue weighted by atomic mass is 10.2. The molecule has 1 aromatic heterocycles. The monoisotopic (exact) mass is 289 g/mol. The molecule has 0 saturated carbocycles. The highest BCUT2D eigenvalue weighted by atomic mass is 16.6. The minimum Gasteiger partial charge on any atom is -0.479 e. The number of nitro benzene ring substituents is 1. The number of hydrogen-bond donors (Lipinski definition) is 1. The van der Waals surface area contributed by atoms with Crippen molar-refractivity contribution in [3.05, 3.63) is 51.4 Å². The molecule has 21 heavy (non-hydrogen) atoms. The molecule has 9 heteroatoms. The number of nitro groups is 1. The predicted molar refractivity (Wildman–Crippen MR) is 65.6 cm³/mol. The third-order valence-electron chi connectivity index (χ3n) is 2.43. The van der Waals surface area contributed by atoms with E-state index < -0.39 is 10.9 Å². The van der Waals surface area contributed by atoms with Crippen LogP contribution in [0, 0.1) is 21.4 Å². The van der Waals surface area contributed by atoms with Crippen molar-refractivity contribution < 1.29 is 24.1 Å². The smallest absolute Gasteiger partial charge is 0.358 e. The Bertz CT molecular complexity index is 746. The molecule has 2 rings (SSSR count). The number of hydrogen-bond acceptors (Lipinski definition) is 7. The summed E-state index contributed by atoms with van der Waals surface area (Å²) in [4.78, 5) is 20.8. The van der Waals surface area contributed by atoms with Crippen LogP contribution in [0.1, 0.15) is 21.8 Å². The van der Waals surface area contributed by atoms with E-state index in [-0.39, 0.29) is 35.1 Å². The van der Waals surface area contributed by atoms with Crippen molar-refractivity contribution in [3.8, 4) is 11.8 Å². The second-order valence-electron chi connectivity index (χ2n) is 3.82. The van der Waals surface area contributed by atoms with E-state index in [1.54, 1.807) is 6.07 Å². The lowest BCUT2D eigenvalue weighted by Gasteiger charge is -2.04. The van der Waals surface area contributed by atoms with Gasteiger partial charge < -0.3 is 14.4 Å². The van der Waals surface area contributed by atoms with Gasteiger partial charge in [0.15, 0.2) is 17.2 Å². The molecule has 0 radical (unpaired) electrons. The predicted octanol–water partition coefficient (Wildman–Crippen LogP) is 1.73. The van der Waals surface area contributed by atoms with Gasteiger partial charge in [0.25, 0.3) is 0 Å². The molecule has 0 spiro atoms. The number of carboxylic acids is 1. The van der Waals surface area contributed by atoms with Crippen molar-refractivity contribution in [3.63, 3.8) is 0 Å². The average Bonchev–Trinajstić information content (AvgIpc) is 2.94. The molecule has 0 bridgehead atoms. The Morgan fingerprint density at radius 1 is 1.52 bits per heavy atom. The van der Waals surface area contributed by atoms with E-state index in [1.165, 1.54) is 12.1 Å². The first kappa shape index (κ1) is 14.0. The van der Waals surface area contributed by atoms with Crippen LogP contribution in [0.15, 0.2) is 28.8 Å². The van der Waals surface area contributed by atoms with Gasteiger partial charge in [0.2, 0.25) is 0 Å². The fourth-order valence-corrected chi connectivity index (χ4v) is 1.48. The Hall–Kier alpha value is -3.41. The molecular weight excluding hydrogens is 282 g/mol. The van der Waals surface area contributed by atoms with E-state index in [2.05, 4.69) is 5.16 Å². The molecule has 0 amide bonds. The molecule has 0 unspecified atom stereocenters. The van der Waals surface area contributed by atoms with Crippen LogP contribution < -0.4 is 4.74 Å². The summed E-state index contributed by atoms with van der Waals surface area (Å²) in [6.45, 7) is -0.229. The number of benzene rings is 1. The van der Waals surface area contributed by atoms with E-state index in [9.17, 15) is 14.9 Å². The number of ether oxygens (including phenoxy) is 1. The van der Waals surface area contributed by atoms with Gasteiger partial charge in [-0.2, -0.15) is 5.26 Å². The highest BCUT2D eigenvalue weighted by Crippen LogP contribution is 2.28. The van der Waals surface area contributed by atoms with Crippen LogP contribution in [0.4, 0.5) is 5.69 Å². The first-order valence-corrected chi connectivity index (χ1v) is 5.51. The van der Waals surface area contributed by atoms with E-state index in [4.69, 9.17) is 19.6 Å². The molecule has 9 nitrogen and oxygen atoms in total. The number of aromatic carboxylic acids is 1. The van der Waals surface area contributed by atoms with Gasteiger partial charge in [-0.1, -0.05) is 5.16 Å². The van der Waals surface area contributed by atoms with Crippen LogP contribution in [0.3, 0.4) is 0 Å². The van der Waals surface area contributed by atoms with E-state index in [1.807, 2.05) is 0 Å². The number of carbonyl (C=O) groups is 1. The molecule has 106 valence electrons. The van der Waals surface area contributed by atoms with Gasteiger partial charge in [0.05, 0.1) is 16.6 Å². The minimum atomic E-state index is -1.26. The van der Waals surface area contributed by atoms with Crippen molar-refractivity contribution in [1.29, 1.82) is 5.26 Å². The van der Waals surface area contributed by atoms with Crippen molar-refractivity contribution in [2.45, 2.75) is 6.61 Å². The zero-order valence-corrected chi connectivity index (χ0v) is 10.3. The van der Waals surface area contributed by atoms with E-state index in [0.29, 0.717) is 0 Å². The Balaban J connectivity index is 2.17. The second kappa shape index (κ2) is 5.70. The molecule has 0 aliphatic carbocycles. The summed E-state index contributed by atoms with van der Waals surface area (Å²) in [5.41, 5.74) is -0.531. The molecule has 1 N–H and O–H groups in total. The molecule has 0 aliphatic heterocycles. The van der Waals surface area contributed by atoms with Crippen LogP contribution in [0.2, 0.25) is 0 Å². The SMILES string of the molecule is N#Cc1ccc(OCc2cc(C(=O)O)no2)c([N+](=O)[O-])c1. The van der Waals surface area contributed by atoms with Gasteiger partial charge in [0, 0.05) is 12.1 Å². The van der Waals surface area contributed by atoms with Gasteiger partial charge in [-0.3, -0.25) is 10.1 Å². The summed E-state index contributed by atoms with van der Waals surface area (Å²) in [7, 11) is 0. The van der Waals surface area contributed by atoms with E-state index >= 15 is 0 Å². The van der Waals surface area contributed by atoms with Gasteiger partial charge in [-0.15, -0.1) is 0 Å². The maximum absolute atomic E-state index is 10.9. The van der Waals surface area contributed by atoms with Crippen LogP contribution in [0.25, 0.3) is 0 Å². The van der Waals surface area contributed by atoms with Gasteiger partial charge in [-0.05, 0) is 12.1 Å². The van der Waals surface area contributed by atoms with Gasteiger partial charge in [0.1, 0.15) is 6.61 Å². The van der Waals surface area contributed by atoms with Gasteiger partial charge in [-0.25, -0.2) is 4.79 Å². The number of nitriles is 1. The number of rotatable bonds is 5. The second-order valence-corrected chi connectivity index (χ2v) is 3.82. The Kier molecular flexibility index (Phi) is 3.80. The summed E-state index contributed by atoms with van der Waals surface area (Å²) in [5.74, 6) is -1.22. The van der Waals surface area contributed by atoms with Crippen molar-refractivity contribution in [2.24, 2.45) is 0 Å². The zero-order chi connectivity index (χ0) is 15.4. The average molecular weight is 289 g/mol. The molecule has 0 saturated heterocycles. The Morgan fingerprint density at radius 3 is 2.86 bits per heavy atom. The van der Waals surface area contributed by atoms with Crippen molar-refractivity contribution in [1.82, 2.24) is 5.16 Å². The molecule has 2 aromatic rings. The topological polar surface area (TPSA) is 139 Å². The Morgan fingerprint density at radius 2 is 2.29 bits per heavy atom. The summed E-state index contributed by atoms with van der Waals surface area (Å²) in [6.07, 6.45) is 0. The molecule has 1 aromatic carbocycles. The molecule has 0 atom stereocenters. The summed E-state index contributed by atoms with van der Waals surface area (Å²) >= 11 is 0. The largest absolute Gasteiger partial charge is 0.479 e. The molecular formula is C12H7N3O6. The minimum absolute atomic E-state index is 0.0627. The summed E-state index contributed by atoms with van der Waals surface area (Å²) < 4.78 is 9.91. The fraction of sp³-hybridized carbons (Fsp3) is 0.0833. The fourth-order valence-electron chi connectivity index (χ4n) is 1.48. The third kappa shape index (κ3) is 3.13. The molecule has 0 fully saturated rings. The normalized spacial score (nSPS) is 9.86. The number of nitrogens with zero attached hydrogens (tertiary/aromatic N) is 3. The quantitative estimate of drug-likeness (QED) is 0.648. The highest BCUT2D eigenvalue weighted by Gasteiger charge is 2.17. The number of carboxylic acid groups (broad SMARTS) is 1. The lowest BCUT2D eigenvalue weighted by molar-refractivity contribution is -0.386. The summed E-state index contributed by atoms with van der Waals surface area (Å²) in [5, 5.41) is 31.6. The Labute approximate surface area is 117 Å². The molecule has 1 heterocycles. The van der Waals surface area contributed by atoms with Crippen LogP contribution in [-0.4, -0.2) is 21.2 Å².